The zero-order chi connectivity index (χ0) is 25.7. The third-order valence-corrected chi connectivity index (χ3v) is 5.16. The smallest absolute Gasteiger partial charge is 0.382 e. The lowest BCUT2D eigenvalue weighted by molar-refractivity contribution is -0.514. The number of Topliss-reactive ketones (excluding diaryl/α,β-unsaturated/α-hetero) is 1. The molecular weight excluding hydrogens is 454 g/mol. The van der Waals surface area contributed by atoms with Gasteiger partial charge in [-0.25, -0.2) is 4.79 Å². The first-order valence-electron chi connectivity index (χ1n) is 11.5. The van der Waals surface area contributed by atoms with Gasteiger partial charge in [0, 0.05) is 21.9 Å². The van der Waals surface area contributed by atoms with Gasteiger partial charge in [0.25, 0.3) is 0 Å². The molecule has 34 heavy (non-hydrogen) atoms. The molecule has 7 heteroatoms. The summed E-state index contributed by atoms with van der Waals surface area (Å²) in [5, 5.41) is 14.1. The van der Waals surface area contributed by atoms with E-state index in [-0.39, 0.29) is 18.8 Å². The highest BCUT2D eigenvalue weighted by atomic mass is 35.5. The molecule has 0 aliphatic rings. The van der Waals surface area contributed by atoms with Gasteiger partial charge in [-0.3, -0.25) is 14.9 Å². The fourth-order valence-electron chi connectivity index (χ4n) is 3.43. The number of hydrogen-bond acceptors (Lipinski definition) is 5. The number of benzene rings is 3. The second kappa shape index (κ2) is 14.8. The Morgan fingerprint density at radius 1 is 0.941 bits per heavy atom. The van der Waals surface area contributed by atoms with Crippen LogP contribution in [0.4, 0.5) is 0 Å². The van der Waals surface area contributed by atoms with Crippen molar-refractivity contribution in [3.63, 3.8) is 0 Å². The van der Waals surface area contributed by atoms with E-state index in [1.54, 1.807) is 43.3 Å². The van der Waals surface area contributed by atoms with Crippen LogP contribution in [0.15, 0.2) is 66.7 Å². The molecule has 3 aromatic carbocycles. The summed E-state index contributed by atoms with van der Waals surface area (Å²) in [6, 6.07) is 17.5. The summed E-state index contributed by atoms with van der Waals surface area (Å²) in [7, 11) is 0. The highest BCUT2D eigenvalue weighted by Gasteiger charge is 2.42. The molecule has 3 aromatic rings. The molecule has 182 valence electrons. The molecule has 0 saturated heterocycles. The number of ether oxygens (including phenoxy) is 1. The summed E-state index contributed by atoms with van der Waals surface area (Å²) in [6.07, 6.45) is -0.218. The number of hydrogen-bond donors (Lipinski definition) is 0. The van der Waals surface area contributed by atoms with E-state index in [0.29, 0.717) is 16.1 Å². The molecule has 0 saturated carbocycles. The number of carbonyl (C=O) groups is 2. The van der Waals surface area contributed by atoms with E-state index in [1.165, 1.54) is 0 Å². The van der Waals surface area contributed by atoms with Crippen molar-refractivity contribution in [3.05, 3.63) is 93.0 Å². The van der Waals surface area contributed by atoms with Crippen LogP contribution in [0.25, 0.3) is 10.8 Å². The molecule has 0 N–H and O–H groups in total. The van der Waals surface area contributed by atoms with Crippen LogP contribution in [0.3, 0.4) is 0 Å². The maximum Gasteiger partial charge on any atom is 0.382 e. The average Bonchev–Trinajstić information content (AvgIpc) is 2.86. The predicted octanol–water partition coefficient (Wildman–Crippen LogP) is 7.11. The van der Waals surface area contributed by atoms with E-state index in [2.05, 4.69) is 0 Å². The van der Waals surface area contributed by atoms with Crippen LogP contribution in [-0.4, -0.2) is 29.3 Å². The van der Waals surface area contributed by atoms with Crippen LogP contribution in [0, 0.1) is 10.1 Å². The van der Waals surface area contributed by atoms with Gasteiger partial charge in [0.1, 0.15) is 0 Å². The second-order valence-electron chi connectivity index (χ2n) is 6.83. The van der Waals surface area contributed by atoms with Crippen LogP contribution < -0.4 is 0 Å². The van der Waals surface area contributed by atoms with Crippen molar-refractivity contribution >= 4 is 34.1 Å². The SMILES string of the molecule is CC.CC.CCOC(=O)C(C(CC(=O)c1ccc(Cl)cc1)c1ccc2ccccc2c1)[N+](=O)[O-]. The predicted molar refractivity (Wildman–Crippen MR) is 137 cm³/mol. The molecule has 3 rings (SSSR count). The minimum Gasteiger partial charge on any atom is -0.461 e. The van der Waals surface area contributed by atoms with Gasteiger partial charge in [0.2, 0.25) is 0 Å². The third kappa shape index (κ3) is 7.66. The summed E-state index contributed by atoms with van der Waals surface area (Å²) < 4.78 is 4.95. The fraction of sp³-hybridized carbons (Fsp3) is 0.333. The number of esters is 1. The topological polar surface area (TPSA) is 86.5 Å². The van der Waals surface area contributed by atoms with Crippen molar-refractivity contribution in [2.24, 2.45) is 0 Å². The minimum atomic E-state index is -1.69. The fourth-order valence-corrected chi connectivity index (χ4v) is 3.55. The molecule has 0 amide bonds. The number of fused-ring (bicyclic) bond motifs is 1. The Morgan fingerprint density at radius 3 is 2.09 bits per heavy atom. The molecule has 0 radical (unpaired) electrons. The summed E-state index contributed by atoms with van der Waals surface area (Å²) in [5.41, 5.74) is 0.905. The lowest BCUT2D eigenvalue weighted by atomic mass is 9.85. The molecule has 2 atom stereocenters. The van der Waals surface area contributed by atoms with Gasteiger partial charge in [-0.05, 0) is 47.5 Å². The molecule has 0 spiro atoms. The van der Waals surface area contributed by atoms with Crippen LogP contribution in [0.5, 0.6) is 0 Å². The van der Waals surface area contributed by atoms with Crippen LogP contribution in [0.1, 0.15) is 62.9 Å². The summed E-state index contributed by atoms with van der Waals surface area (Å²) in [4.78, 5) is 36.5. The second-order valence-corrected chi connectivity index (χ2v) is 7.27. The number of nitrogens with zero attached hydrogens (tertiary/aromatic N) is 1. The maximum absolute atomic E-state index is 12.9. The zero-order valence-corrected chi connectivity index (χ0v) is 21.0. The molecule has 2 unspecified atom stereocenters. The van der Waals surface area contributed by atoms with Crippen molar-refractivity contribution in [1.82, 2.24) is 0 Å². The van der Waals surface area contributed by atoms with E-state index in [9.17, 15) is 19.7 Å². The first-order valence-corrected chi connectivity index (χ1v) is 11.9. The van der Waals surface area contributed by atoms with Gasteiger partial charge >= 0.3 is 12.0 Å². The first kappa shape index (κ1) is 28.8. The Bertz CT molecular complexity index is 1080. The van der Waals surface area contributed by atoms with E-state index < -0.39 is 22.9 Å². The molecule has 0 aromatic heterocycles. The standard InChI is InChI=1S/C23H20ClNO5.2C2H6/c1-2-30-23(27)22(25(28)29)20(14-21(26)16-9-11-19(24)12-10-16)18-8-7-15-5-3-4-6-17(15)13-18;2*1-2/h3-13,20,22H,2,14H2,1H3;2*1-2H3. The Kier molecular flexibility index (Phi) is 12.5. The molecule has 0 heterocycles. The Balaban J connectivity index is 0.00000137. The average molecular weight is 486 g/mol. The lowest BCUT2D eigenvalue weighted by Crippen LogP contribution is -2.38. The molecule has 0 bridgehead atoms. The molecule has 0 aliphatic heterocycles. The third-order valence-electron chi connectivity index (χ3n) is 4.91. The van der Waals surface area contributed by atoms with Gasteiger partial charge in [0.05, 0.1) is 12.5 Å². The Morgan fingerprint density at radius 2 is 1.53 bits per heavy atom. The van der Waals surface area contributed by atoms with Crippen LogP contribution in [-0.2, 0) is 9.53 Å². The number of halogens is 1. The highest BCUT2D eigenvalue weighted by molar-refractivity contribution is 6.30. The van der Waals surface area contributed by atoms with E-state index in [1.807, 2.05) is 58.0 Å². The summed E-state index contributed by atoms with van der Waals surface area (Å²) >= 11 is 5.88. The van der Waals surface area contributed by atoms with Gasteiger partial charge in [-0.2, -0.15) is 0 Å². The Hall–Kier alpha value is -3.25. The van der Waals surface area contributed by atoms with Gasteiger partial charge < -0.3 is 4.74 Å². The molecular formula is C27H32ClNO5. The van der Waals surface area contributed by atoms with E-state index >= 15 is 0 Å². The van der Waals surface area contributed by atoms with Crippen molar-refractivity contribution in [1.29, 1.82) is 0 Å². The van der Waals surface area contributed by atoms with Crippen molar-refractivity contribution in [2.75, 3.05) is 6.61 Å². The number of nitro groups is 1. The number of rotatable bonds is 8. The van der Waals surface area contributed by atoms with Gasteiger partial charge in [-0.15, -0.1) is 0 Å². The number of carbonyl (C=O) groups excluding carboxylic acids is 2. The highest BCUT2D eigenvalue weighted by Crippen LogP contribution is 2.31. The molecule has 6 nitrogen and oxygen atoms in total. The van der Waals surface area contributed by atoms with E-state index in [0.717, 1.165) is 10.8 Å². The zero-order valence-electron chi connectivity index (χ0n) is 20.3. The van der Waals surface area contributed by atoms with Gasteiger partial charge in [0.15, 0.2) is 5.78 Å². The summed E-state index contributed by atoms with van der Waals surface area (Å²) in [6.45, 7) is 9.59. The normalized spacial score (nSPS) is 11.7. The largest absolute Gasteiger partial charge is 0.461 e. The summed E-state index contributed by atoms with van der Waals surface area (Å²) in [5.74, 6) is -2.25. The first-order chi connectivity index (χ1) is 16.4. The molecule has 0 fully saturated rings. The quantitative estimate of drug-likeness (QED) is 0.147. The van der Waals surface area contributed by atoms with Crippen molar-refractivity contribution in [2.45, 2.75) is 53.0 Å². The van der Waals surface area contributed by atoms with Gasteiger partial charge in [-0.1, -0.05) is 81.8 Å². The Labute approximate surface area is 206 Å². The van der Waals surface area contributed by atoms with Crippen LogP contribution >= 0.6 is 11.6 Å². The van der Waals surface area contributed by atoms with Crippen molar-refractivity contribution < 1.29 is 19.2 Å². The van der Waals surface area contributed by atoms with Crippen molar-refractivity contribution in [3.8, 4) is 0 Å². The lowest BCUT2D eigenvalue weighted by Gasteiger charge is -2.20. The monoisotopic (exact) mass is 485 g/mol. The maximum atomic E-state index is 12.9. The van der Waals surface area contributed by atoms with Crippen LogP contribution in [0.2, 0.25) is 5.02 Å². The molecule has 0 aliphatic carbocycles. The minimum absolute atomic E-state index is 0.0126. The van der Waals surface area contributed by atoms with E-state index in [4.69, 9.17) is 16.3 Å². The number of ketones is 1.